The number of likely N-dealkylation sites (tertiary alicyclic amines) is 5. The first kappa shape index (κ1) is 105. The molecule has 0 bridgehead atoms. The minimum absolute atomic E-state index is 0.0136. The number of nitrogens with one attached hydrogen (secondary N) is 10. The Labute approximate surface area is 822 Å². The van der Waals surface area contributed by atoms with Gasteiger partial charge in [0.2, 0.25) is 29.5 Å². The molecule has 10 aliphatic heterocycles. The molecule has 30 nitrogen and oxygen atoms in total. The molecule has 5 aromatic heterocycles. The van der Waals surface area contributed by atoms with E-state index in [2.05, 4.69) is 153 Å². The van der Waals surface area contributed by atoms with Gasteiger partial charge in [0.15, 0.2) is 11.6 Å². The van der Waals surface area contributed by atoms with Crippen molar-refractivity contribution in [2.24, 2.45) is 0 Å². The van der Waals surface area contributed by atoms with Crippen LogP contribution in [0.4, 0.5) is 29.1 Å². The molecule has 15 heterocycles. The second kappa shape index (κ2) is 53.3. The van der Waals surface area contributed by atoms with Crippen LogP contribution in [0.2, 0.25) is 0 Å². The van der Waals surface area contributed by atoms with Gasteiger partial charge in [-0.3, -0.25) is 72.4 Å². The Morgan fingerprint density at radius 3 is 0.741 bits per heavy atom. The van der Waals surface area contributed by atoms with Crippen molar-refractivity contribution in [3.63, 3.8) is 0 Å². The Morgan fingerprint density at radius 2 is 0.511 bits per heavy atom. The van der Waals surface area contributed by atoms with Crippen molar-refractivity contribution in [2.75, 3.05) is 125 Å². The van der Waals surface area contributed by atoms with Gasteiger partial charge < -0.3 is 53.2 Å². The number of hydrogen-bond acceptors (Lipinski definition) is 25. The summed E-state index contributed by atoms with van der Waals surface area (Å²) in [5.74, 6) is 6.47. The van der Waals surface area contributed by atoms with Crippen molar-refractivity contribution < 1.29 is 47.9 Å². The highest BCUT2D eigenvalue weighted by atomic mass is 16.2. The first-order chi connectivity index (χ1) is 67.3. The predicted molar refractivity (Wildman–Crippen MR) is 546 cm³/mol. The van der Waals surface area contributed by atoms with E-state index in [9.17, 15) is 47.9 Å². The van der Waals surface area contributed by atoms with E-state index in [1.807, 2.05) is 81.4 Å². The van der Waals surface area contributed by atoms with E-state index in [4.69, 9.17) is 9.97 Å². The molecule has 5 amide bonds. The van der Waals surface area contributed by atoms with Crippen LogP contribution in [0.15, 0.2) is 121 Å². The normalized spacial score (nSPS) is 18.2. The van der Waals surface area contributed by atoms with Crippen molar-refractivity contribution >= 4 is 87.5 Å². The number of piperidine rings is 2. The summed E-state index contributed by atoms with van der Waals surface area (Å²) < 4.78 is 0. The first-order valence-electron chi connectivity index (χ1n) is 51.7. The highest BCUT2D eigenvalue weighted by Crippen LogP contribution is 2.32. The lowest BCUT2D eigenvalue weighted by Gasteiger charge is -2.43. The van der Waals surface area contributed by atoms with Crippen LogP contribution >= 0.6 is 0 Å². The number of carbonyl (C=O) groups is 10. The van der Waals surface area contributed by atoms with Crippen molar-refractivity contribution in [1.82, 2.24) is 76.0 Å². The zero-order valence-electron chi connectivity index (χ0n) is 83.5. The zero-order valence-corrected chi connectivity index (χ0v) is 83.5. The molecule has 0 spiro atoms. The summed E-state index contributed by atoms with van der Waals surface area (Å²) in [5.41, 5.74) is 13.7. The molecule has 0 aliphatic carbocycles. The van der Waals surface area contributed by atoms with Gasteiger partial charge in [-0.05, 0) is 279 Å². The van der Waals surface area contributed by atoms with Crippen LogP contribution in [0.25, 0.3) is 0 Å². The smallest absolute Gasteiger partial charge is 0.220 e. The lowest BCUT2D eigenvalue weighted by Crippen LogP contribution is -2.62. The molecule has 30 heteroatoms. The Hall–Kier alpha value is -11.3. The molecule has 7 aromatic rings. The van der Waals surface area contributed by atoms with Gasteiger partial charge in [0.25, 0.3) is 0 Å². The lowest BCUT2D eigenvalue weighted by atomic mass is 9.96. The third-order valence-corrected chi connectivity index (χ3v) is 28.7. The molecule has 0 saturated carbocycles. The maximum atomic E-state index is 12.3. The number of pyridine rings is 5. The number of hydrogen-bond donors (Lipinski definition) is 10. The molecule has 10 aliphatic rings. The number of amides is 5. The van der Waals surface area contributed by atoms with Crippen LogP contribution in [-0.2, 0) is 112 Å². The number of fused-ring (bicyclic) bond motifs is 5. The monoisotopic (exact) mass is 1900 g/mol. The van der Waals surface area contributed by atoms with Gasteiger partial charge in [-0.15, -0.1) is 0 Å². The molecule has 5 saturated heterocycles. The Morgan fingerprint density at radius 1 is 0.288 bits per heavy atom. The summed E-state index contributed by atoms with van der Waals surface area (Å²) in [7, 11) is 0. The van der Waals surface area contributed by atoms with Gasteiger partial charge in [-0.1, -0.05) is 91.0 Å². The summed E-state index contributed by atoms with van der Waals surface area (Å²) in [6.45, 7) is 26.8. The van der Waals surface area contributed by atoms with Crippen molar-refractivity contribution in [2.45, 2.75) is 302 Å². The number of benzene rings is 2. The summed E-state index contributed by atoms with van der Waals surface area (Å²) in [4.78, 5) is 154. The number of nitrogens with zero attached hydrogens (tertiary/aromatic N) is 10. The number of aryl methyl sites for hydroxylation is 10. The highest BCUT2D eigenvalue weighted by Gasteiger charge is 2.39. The summed E-state index contributed by atoms with van der Waals surface area (Å²) in [5, 5.41) is 32.4. The number of rotatable bonds is 37. The molecule has 17 rings (SSSR count). The third-order valence-electron chi connectivity index (χ3n) is 28.7. The largest absolute Gasteiger partial charge is 0.370 e. The molecule has 10 N–H and O–H groups in total. The molecular weight excluding hydrogens is 1750 g/mol. The number of anilines is 5. The number of ketones is 5. The van der Waals surface area contributed by atoms with E-state index in [1.165, 1.54) is 40.7 Å². The minimum atomic E-state index is -0.219. The SMILES string of the molecule is CC(=O)C(C)N1CC(NC(=O)CCCc2ccc3c(n2)NCCC3)C1.CC(=O)[C@@H](C)N1CCC(NC(=O)CCCc2ccc3c(n2)NCCC3)CC1.CC(=O)[C@@H](c1ccccc1)N1CC(NC(=O)CCCc2ccc3c(n2)NCCC3)C1.CC(=O)[C@H](C)N1CCC(NC(=O)CCCc2ccc3c(n2)NCCC3)CC1.CC(=O)[C@H](c1ccccc1)N1CC(NC(=O)CCCc2ccc3c(n2)NCCC3)C1. The molecule has 748 valence electrons. The van der Waals surface area contributed by atoms with E-state index in [0.29, 0.717) is 58.3 Å². The minimum Gasteiger partial charge on any atom is -0.370 e. The van der Waals surface area contributed by atoms with Crippen LogP contribution in [0.3, 0.4) is 0 Å². The third kappa shape index (κ3) is 32.4. The van der Waals surface area contributed by atoms with Gasteiger partial charge in [0, 0.05) is 171 Å². The average molecular weight is 1900 g/mol. The van der Waals surface area contributed by atoms with E-state index >= 15 is 0 Å². The van der Waals surface area contributed by atoms with Gasteiger partial charge in [0.05, 0.1) is 48.3 Å². The fourth-order valence-electron chi connectivity index (χ4n) is 20.0. The van der Waals surface area contributed by atoms with Crippen molar-refractivity contribution in [1.29, 1.82) is 0 Å². The molecule has 5 atom stereocenters. The maximum absolute atomic E-state index is 12.3. The second-order valence-corrected chi connectivity index (χ2v) is 39.6. The average Bonchev–Trinajstić information content (AvgIpc) is 0.794. The Kier molecular flexibility index (Phi) is 40.3. The van der Waals surface area contributed by atoms with Crippen LogP contribution in [-0.4, -0.2) is 254 Å². The van der Waals surface area contributed by atoms with E-state index < -0.39 is 0 Å². The maximum Gasteiger partial charge on any atom is 0.220 e. The summed E-state index contributed by atoms with van der Waals surface area (Å²) >= 11 is 0. The van der Waals surface area contributed by atoms with Gasteiger partial charge in [-0.2, -0.15) is 0 Å². The van der Waals surface area contributed by atoms with E-state index in [0.717, 1.165) is 282 Å². The van der Waals surface area contributed by atoms with Crippen LogP contribution < -0.4 is 53.2 Å². The topological polar surface area (TPSA) is 372 Å². The van der Waals surface area contributed by atoms with E-state index in [1.54, 1.807) is 34.6 Å². The predicted octanol–water partition coefficient (Wildman–Crippen LogP) is 12.0. The zero-order chi connectivity index (χ0) is 98.1. The van der Waals surface area contributed by atoms with Gasteiger partial charge in [0.1, 0.15) is 46.4 Å². The quantitative estimate of drug-likeness (QED) is 0.0173. The fraction of sp³-hybridized carbons (Fsp3) is 0.569. The van der Waals surface area contributed by atoms with Crippen LogP contribution in [0.1, 0.15) is 257 Å². The van der Waals surface area contributed by atoms with Gasteiger partial charge in [-0.25, -0.2) is 24.9 Å². The molecule has 139 heavy (non-hydrogen) atoms. The molecule has 0 radical (unpaired) electrons. The number of carbonyl (C=O) groups excluding carboxylic acids is 10. The van der Waals surface area contributed by atoms with Crippen molar-refractivity contribution in [3.05, 3.63) is 189 Å². The van der Waals surface area contributed by atoms with Crippen LogP contribution in [0.5, 0.6) is 0 Å². The van der Waals surface area contributed by atoms with Gasteiger partial charge >= 0.3 is 0 Å². The lowest BCUT2D eigenvalue weighted by molar-refractivity contribution is -0.128. The molecule has 2 aromatic carbocycles. The standard InChI is InChI=1S/2C24H30N4O2.2C21H32N4O2.C19H28N4O2/c2*1-17(29)23(18-7-3-2-4-8-18)28-15-21(16-28)26-22(30)11-5-10-20-13-12-19-9-6-14-25-24(19)27-20;2*1-15(16(2)26)25-13-10-19(11-14-25)23-20(27)7-3-6-18-9-8-17-5-4-12-22-21(17)24-18;1-13(14(2)24)23-11-17(12-23)21-18(25)7-3-6-16-9-8-15-5-4-10-20-19(15)22-16/h2*2-4,7-8,12-13,21,23H,5-6,9-11,14-16H2,1H3,(H,25,27)(H,26,30);2*8-9,15,19H,3-7,10-14H2,1-2H3,(H,22,24)(H,23,27);8-9,13,17H,3-7,10-12H2,1-2H3,(H,20,22)(H,21,25)/t2*23-;2*15-;/m1010./s1. The van der Waals surface area contributed by atoms with Crippen LogP contribution in [0, 0.1) is 0 Å². The summed E-state index contributed by atoms with van der Waals surface area (Å²) in [6, 6.07) is 41.3. The van der Waals surface area contributed by atoms with E-state index in [-0.39, 0.29) is 119 Å². The molecule has 5 fully saturated rings. The highest BCUT2D eigenvalue weighted by molar-refractivity contribution is 5.85. The number of aromatic nitrogens is 5. The second-order valence-electron chi connectivity index (χ2n) is 39.6. The Balaban J connectivity index is 0.000000147. The fourth-order valence-corrected chi connectivity index (χ4v) is 20.0. The Bertz CT molecular complexity index is 4980. The van der Waals surface area contributed by atoms with Crippen molar-refractivity contribution in [3.8, 4) is 0 Å². The summed E-state index contributed by atoms with van der Waals surface area (Å²) in [6.07, 6.45) is 25.6. The first-order valence-corrected chi connectivity index (χ1v) is 51.7. The molecule has 1 unspecified atom stereocenters. The molecular formula is C109H152N20O10. The number of Topliss-reactive ketones (excluding diaryl/α,β-unsaturated/α-hetero) is 5.